The molecule has 1 aliphatic carbocycles. The Kier molecular flexibility index (Phi) is 4.07. The number of hydrogen-bond acceptors (Lipinski definition) is 2. The van der Waals surface area contributed by atoms with Gasteiger partial charge in [0.2, 0.25) is 0 Å². The van der Waals surface area contributed by atoms with Gasteiger partial charge in [-0.3, -0.25) is 4.90 Å². The lowest BCUT2D eigenvalue weighted by Crippen LogP contribution is -2.36. The summed E-state index contributed by atoms with van der Waals surface area (Å²) in [4.78, 5) is 2.53. The maximum atomic E-state index is 4.13. The number of hydrogen-bond donors (Lipinski definition) is 1. The molecule has 0 radical (unpaired) electrons. The van der Waals surface area contributed by atoms with Crippen molar-refractivity contribution in [1.29, 1.82) is 0 Å². The van der Waals surface area contributed by atoms with E-state index in [1.54, 1.807) is 0 Å². The Labute approximate surface area is 93.7 Å². The third-order valence-corrected chi connectivity index (χ3v) is 3.73. The molecule has 1 aliphatic heterocycles. The van der Waals surface area contributed by atoms with E-state index in [1.165, 1.54) is 57.3 Å². The summed E-state index contributed by atoms with van der Waals surface area (Å²) >= 11 is 0. The van der Waals surface area contributed by atoms with Gasteiger partial charge in [0.25, 0.3) is 0 Å². The zero-order chi connectivity index (χ0) is 10.5. The smallest absolute Gasteiger partial charge is 0.0375 e. The van der Waals surface area contributed by atoms with Crippen molar-refractivity contribution >= 4 is 0 Å². The molecule has 0 aromatic carbocycles. The van der Waals surface area contributed by atoms with Crippen molar-refractivity contribution in [3.05, 3.63) is 12.3 Å². The molecule has 86 valence electrons. The van der Waals surface area contributed by atoms with Crippen LogP contribution >= 0.6 is 0 Å². The van der Waals surface area contributed by atoms with Gasteiger partial charge in [0.15, 0.2) is 0 Å². The van der Waals surface area contributed by atoms with Crippen LogP contribution in [-0.2, 0) is 0 Å². The van der Waals surface area contributed by atoms with Crippen molar-refractivity contribution in [2.75, 3.05) is 26.2 Å². The van der Waals surface area contributed by atoms with Crippen LogP contribution < -0.4 is 5.32 Å². The van der Waals surface area contributed by atoms with Gasteiger partial charge in [0.1, 0.15) is 0 Å². The maximum Gasteiger partial charge on any atom is 0.0375 e. The molecule has 0 aromatic heterocycles. The van der Waals surface area contributed by atoms with Gasteiger partial charge in [0, 0.05) is 18.8 Å². The molecule has 0 unspecified atom stereocenters. The summed E-state index contributed by atoms with van der Waals surface area (Å²) < 4.78 is 0. The lowest BCUT2D eigenvalue weighted by molar-refractivity contribution is 0.239. The van der Waals surface area contributed by atoms with Crippen LogP contribution in [0, 0.1) is 5.92 Å². The molecule has 2 aliphatic rings. The van der Waals surface area contributed by atoms with Crippen LogP contribution in [0.2, 0.25) is 0 Å². The highest BCUT2D eigenvalue weighted by Gasteiger charge is 2.17. The molecule has 1 heterocycles. The van der Waals surface area contributed by atoms with E-state index in [-0.39, 0.29) is 0 Å². The van der Waals surface area contributed by atoms with Crippen LogP contribution in [0.5, 0.6) is 0 Å². The summed E-state index contributed by atoms with van der Waals surface area (Å²) in [5.41, 5.74) is 1.23. The fraction of sp³-hybridized carbons (Fsp3) is 0.846. The van der Waals surface area contributed by atoms with Crippen molar-refractivity contribution < 1.29 is 0 Å². The van der Waals surface area contributed by atoms with Crippen LogP contribution in [0.15, 0.2) is 12.3 Å². The zero-order valence-electron chi connectivity index (χ0n) is 9.80. The summed E-state index contributed by atoms with van der Waals surface area (Å²) in [5, 5.41) is 3.50. The van der Waals surface area contributed by atoms with Crippen LogP contribution in [0.4, 0.5) is 0 Å². The molecule has 2 nitrogen and oxygen atoms in total. The Balaban J connectivity index is 1.58. The van der Waals surface area contributed by atoms with E-state index >= 15 is 0 Å². The Morgan fingerprint density at radius 2 is 1.87 bits per heavy atom. The quantitative estimate of drug-likeness (QED) is 0.746. The molecule has 0 amide bonds. The SMILES string of the molecule is C=C(CN1CCCCC1)NCC1CCC1. The molecule has 0 aromatic rings. The van der Waals surface area contributed by atoms with E-state index in [1.807, 2.05) is 0 Å². The van der Waals surface area contributed by atoms with Crippen molar-refractivity contribution in [3.8, 4) is 0 Å². The molecule has 0 spiro atoms. The van der Waals surface area contributed by atoms with E-state index in [2.05, 4.69) is 16.8 Å². The average molecular weight is 208 g/mol. The monoisotopic (exact) mass is 208 g/mol. The number of nitrogens with zero attached hydrogens (tertiary/aromatic N) is 1. The van der Waals surface area contributed by atoms with Crippen molar-refractivity contribution in [3.63, 3.8) is 0 Å². The first-order valence-electron chi connectivity index (χ1n) is 6.48. The first-order chi connectivity index (χ1) is 7.34. The van der Waals surface area contributed by atoms with Gasteiger partial charge in [-0.1, -0.05) is 19.4 Å². The van der Waals surface area contributed by atoms with E-state index in [0.29, 0.717) is 0 Å². The van der Waals surface area contributed by atoms with Gasteiger partial charge in [-0.2, -0.15) is 0 Å². The van der Waals surface area contributed by atoms with Gasteiger partial charge in [-0.05, 0) is 44.7 Å². The molecule has 0 atom stereocenters. The van der Waals surface area contributed by atoms with Crippen LogP contribution in [-0.4, -0.2) is 31.1 Å². The maximum absolute atomic E-state index is 4.13. The molecule has 2 fully saturated rings. The highest BCUT2D eigenvalue weighted by Crippen LogP contribution is 2.25. The van der Waals surface area contributed by atoms with E-state index in [9.17, 15) is 0 Å². The first kappa shape index (κ1) is 11.0. The topological polar surface area (TPSA) is 15.3 Å². The number of piperidine rings is 1. The second-order valence-electron chi connectivity index (χ2n) is 5.12. The molecule has 15 heavy (non-hydrogen) atoms. The Morgan fingerprint density at radius 3 is 2.47 bits per heavy atom. The molecular weight excluding hydrogens is 184 g/mol. The number of rotatable bonds is 5. The van der Waals surface area contributed by atoms with Crippen LogP contribution in [0.3, 0.4) is 0 Å². The molecule has 1 saturated heterocycles. The largest absolute Gasteiger partial charge is 0.387 e. The molecule has 1 saturated carbocycles. The molecule has 2 rings (SSSR count). The van der Waals surface area contributed by atoms with E-state index in [0.717, 1.165) is 19.0 Å². The zero-order valence-corrected chi connectivity index (χ0v) is 9.80. The highest BCUT2D eigenvalue weighted by atomic mass is 15.1. The van der Waals surface area contributed by atoms with E-state index < -0.39 is 0 Å². The predicted molar refractivity (Wildman–Crippen MR) is 64.8 cm³/mol. The lowest BCUT2D eigenvalue weighted by Gasteiger charge is -2.30. The van der Waals surface area contributed by atoms with Crippen molar-refractivity contribution in [2.45, 2.75) is 38.5 Å². The number of nitrogens with one attached hydrogen (secondary N) is 1. The number of likely N-dealkylation sites (tertiary alicyclic amines) is 1. The summed E-state index contributed by atoms with van der Waals surface area (Å²) in [6, 6.07) is 0. The Morgan fingerprint density at radius 1 is 1.13 bits per heavy atom. The summed E-state index contributed by atoms with van der Waals surface area (Å²) in [6.07, 6.45) is 8.43. The Hall–Kier alpha value is -0.500. The predicted octanol–water partition coefficient (Wildman–Crippen LogP) is 2.38. The summed E-state index contributed by atoms with van der Waals surface area (Å²) in [6.45, 7) is 8.88. The average Bonchev–Trinajstić information content (AvgIpc) is 2.17. The minimum atomic E-state index is 0.933. The van der Waals surface area contributed by atoms with Gasteiger partial charge in [-0.15, -0.1) is 0 Å². The normalized spacial score (nSPS) is 23.5. The van der Waals surface area contributed by atoms with Gasteiger partial charge in [0.05, 0.1) is 0 Å². The van der Waals surface area contributed by atoms with Gasteiger partial charge < -0.3 is 5.32 Å². The van der Waals surface area contributed by atoms with E-state index in [4.69, 9.17) is 0 Å². The van der Waals surface area contributed by atoms with Crippen molar-refractivity contribution in [2.24, 2.45) is 5.92 Å². The standard InChI is InChI=1S/C13H24N2/c1-12(14-10-13-6-5-7-13)11-15-8-3-2-4-9-15/h13-14H,1-11H2. The highest BCUT2D eigenvalue weighted by molar-refractivity contribution is 4.96. The summed E-state index contributed by atoms with van der Waals surface area (Å²) in [7, 11) is 0. The molecule has 1 N–H and O–H groups in total. The molecular formula is C13H24N2. The van der Waals surface area contributed by atoms with Crippen LogP contribution in [0.1, 0.15) is 38.5 Å². The summed E-state index contributed by atoms with van der Waals surface area (Å²) in [5.74, 6) is 0.933. The van der Waals surface area contributed by atoms with Crippen LogP contribution in [0.25, 0.3) is 0 Å². The minimum Gasteiger partial charge on any atom is -0.387 e. The third-order valence-electron chi connectivity index (χ3n) is 3.73. The third kappa shape index (κ3) is 3.53. The lowest BCUT2D eigenvalue weighted by atomic mass is 9.85. The fourth-order valence-corrected chi connectivity index (χ4v) is 2.43. The molecule has 0 bridgehead atoms. The second-order valence-corrected chi connectivity index (χ2v) is 5.12. The Bertz CT molecular complexity index is 203. The van der Waals surface area contributed by atoms with Gasteiger partial charge >= 0.3 is 0 Å². The van der Waals surface area contributed by atoms with Gasteiger partial charge in [-0.25, -0.2) is 0 Å². The second kappa shape index (κ2) is 5.55. The first-order valence-corrected chi connectivity index (χ1v) is 6.48. The molecule has 2 heteroatoms. The minimum absolute atomic E-state index is 0.933. The van der Waals surface area contributed by atoms with Crippen molar-refractivity contribution in [1.82, 2.24) is 10.2 Å². The fourth-order valence-electron chi connectivity index (χ4n) is 2.43.